The Morgan fingerprint density at radius 2 is 1.57 bits per heavy atom. The summed E-state index contributed by atoms with van der Waals surface area (Å²) in [4.78, 5) is 0.125. The van der Waals surface area contributed by atoms with Crippen molar-refractivity contribution in [2.75, 3.05) is 0 Å². The molecule has 0 amide bonds. The molecule has 2 fully saturated rings. The van der Waals surface area contributed by atoms with E-state index in [1.807, 2.05) is 0 Å². The molecular weight excluding hydrogens is 404 g/mol. The van der Waals surface area contributed by atoms with E-state index in [0.717, 1.165) is 12.8 Å². The standard InChI is InChI=1S/C16H20N6O4S2/c17-27(23,24)14-3-1-2-13(15(14)16-18-21-22-19-16)10-4-8-12(9-5-10)28(25,26)20-11-6-7-11/h1-5,8-9,11,16,18-22H,6-7H2,(H2,17,23,24). The van der Waals surface area contributed by atoms with Crippen molar-refractivity contribution in [3.63, 3.8) is 0 Å². The molecule has 2 aliphatic rings. The molecule has 1 saturated carbocycles. The van der Waals surface area contributed by atoms with Crippen LogP contribution in [0.5, 0.6) is 0 Å². The van der Waals surface area contributed by atoms with Gasteiger partial charge in [-0.05, 0) is 42.2 Å². The van der Waals surface area contributed by atoms with Crippen LogP contribution in [-0.2, 0) is 20.0 Å². The lowest BCUT2D eigenvalue weighted by Gasteiger charge is -2.19. The average molecular weight is 425 g/mol. The zero-order valence-corrected chi connectivity index (χ0v) is 16.3. The molecule has 7 N–H and O–H groups in total. The minimum atomic E-state index is -3.98. The first-order valence-electron chi connectivity index (χ1n) is 8.55. The molecule has 10 nitrogen and oxygen atoms in total. The van der Waals surface area contributed by atoms with Crippen LogP contribution in [0.1, 0.15) is 24.6 Å². The van der Waals surface area contributed by atoms with E-state index in [1.54, 1.807) is 24.3 Å². The highest BCUT2D eigenvalue weighted by atomic mass is 32.2. The van der Waals surface area contributed by atoms with Gasteiger partial charge in [-0.2, -0.15) is 11.1 Å². The Morgan fingerprint density at radius 1 is 0.929 bits per heavy atom. The highest BCUT2D eigenvalue weighted by molar-refractivity contribution is 7.89. The highest BCUT2D eigenvalue weighted by Crippen LogP contribution is 2.33. The van der Waals surface area contributed by atoms with Gasteiger partial charge < -0.3 is 0 Å². The van der Waals surface area contributed by atoms with Gasteiger partial charge in [0.15, 0.2) is 0 Å². The Hall–Kier alpha value is -1.90. The summed E-state index contributed by atoms with van der Waals surface area (Å²) >= 11 is 0. The van der Waals surface area contributed by atoms with Gasteiger partial charge >= 0.3 is 0 Å². The van der Waals surface area contributed by atoms with Crippen LogP contribution in [0.15, 0.2) is 52.3 Å². The fraction of sp³-hybridized carbons (Fsp3) is 0.250. The van der Waals surface area contributed by atoms with E-state index in [-0.39, 0.29) is 15.8 Å². The number of rotatable bonds is 6. The van der Waals surface area contributed by atoms with Gasteiger partial charge in [-0.1, -0.05) is 24.3 Å². The molecule has 2 aromatic rings. The van der Waals surface area contributed by atoms with Crippen LogP contribution in [0.3, 0.4) is 0 Å². The molecule has 2 aromatic carbocycles. The zero-order chi connectivity index (χ0) is 19.9. The number of nitrogens with two attached hydrogens (primary N) is 1. The van der Waals surface area contributed by atoms with Gasteiger partial charge in [0, 0.05) is 11.6 Å². The lowest BCUT2D eigenvalue weighted by Crippen LogP contribution is -2.33. The van der Waals surface area contributed by atoms with Gasteiger partial charge in [-0.15, -0.1) is 0 Å². The molecule has 28 heavy (non-hydrogen) atoms. The number of primary sulfonamides is 1. The predicted octanol–water partition coefficient (Wildman–Crippen LogP) is -0.443. The number of hydrogen-bond donors (Lipinski definition) is 6. The topological polar surface area (TPSA) is 154 Å². The minimum Gasteiger partial charge on any atom is -0.225 e. The van der Waals surface area contributed by atoms with Gasteiger partial charge in [0.05, 0.1) is 9.79 Å². The maximum absolute atomic E-state index is 12.3. The molecule has 1 aliphatic carbocycles. The summed E-state index contributed by atoms with van der Waals surface area (Å²) in [5.41, 5.74) is 12.7. The first kappa shape index (κ1) is 19.4. The van der Waals surface area contributed by atoms with Crippen molar-refractivity contribution in [2.45, 2.75) is 34.8 Å². The normalized spacial score (nSPS) is 18.5. The number of nitrogens with one attached hydrogen (secondary N) is 5. The second-order valence-corrected chi connectivity index (χ2v) is 9.90. The van der Waals surface area contributed by atoms with E-state index in [4.69, 9.17) is 5.14 Å². The molecule has 0 atom stereocenters. The molecule has 12 heteroatoms. The van der Waals surface area contributed by atoms with E-state index in [2.05, 4.69) is 26.6 Å². The average Bonchev–Trinajstić information content (AvgIpc) is 3.28. The lowest BCUT2D eigenvalue weighted by atomic mass is 9.98. The maximum atomic E-state index is 12.3. The third-order valence-electron chi connectivity index (χ3n) is 4.53. The lowest BCUT2D eigenvalue weighted by molar-refractivity contribution is 0.540. The summed E-state index contributed by atoms with van der Waals surface area (Å²) in [6.07, 6.45) is 1.12. The molecule has 150 valence electrons. The first-order chi connectivity index (χ1) is 13.3. The van der Waals surface area contributed by atoms with Gasteiger partial charge in [-0.25, -0.2) is 37.5 Å². The largest absolute Gasteiger partial charge is 0.240 e. The molecule has 1 heterocycles. The van der Waals surface area contributed by atoms with Crippen LogP contribution in [0.2, 0.25) is 0 Å². The molecule has 0 radical (unpaired) electrons. The summed E-state index contributed by atoms with van der Waals surface area (Å²) in [5, 5.41) is 5.39. The quantitative estimate of drug-likeness (QED) is 0.365. The Labute approximate surface area is 162 Å². The van der Waals surface area contributed by atoms with Crippen LogP contribution in [0.4, 0.5) is 0 Å². The van der Waals surface area contributed by atoms with Crippen LogP contribution in [0.25, 0.3) is 11.1 Å². The Morgan fingerprint density at radius 3 is 2.14 bits per heavy atom. The summed E-state index contributed by atoms with van der Waals surface area (Å²) < 4.78 is 51.5. The van der Waals surface area contributed by atoms with Crippen molar-refractivity contribution in [1.82, 2.24) is 26.6 Å². The van der Waals surface area contributed by atoms with E-state index in [0.29, 0.717) is 16.7 Å². The first-order valence-corrected chi connectivity index (χ1v) is 11.6. The Bertz CT molecular complexity index is 1090. The molecule has 1 saturated heterocycles. The second-order valence-electron chi connectivity index (χ2n) is 6.65. The summed E-state index contributed by atoms with van der Waals surface area (Å²) in [5.74, 6) is 0. The Balaban J connectivity index is 1.76. The molecule has 4 rings (SSSR count). The van der Waals surface area contributed by atoms with Crippen molar-refractivity contribution in [1.29, 1.82) is 0 Å². The second kappa shape index (κ2) is 7.17. The van der Waals surface area contributed by atoms with Crippen molar-refractivity contribution < 1.29 is 16.8 Å². The fourth-order valence-corrected chi connectivity index (χ4v) is 5.15. The van der Waals surface area contributed by atoms with Crippen LogP contribution in [-0.4, -0.2) is 22.9 Å². The van der Waals surface area contributed by atoms with Crippen LogP contribution >= 0.6 is 0 Å². The van der Waals surface area contributed by atoms with Gasteiger partial charge in [0.25, 0.3) is 0 Å². The highest BCUT2D eigenvalue weighted by Gasteiger charge is 2.29. The smallest absolute Gasteiger partial charge is 0.225 e. The predicted molar refractivity (Wildman–Crippen MR) is 102 cm³/mol. The van der Waals surface area contributed by atoms with E-state index in [1.165, 1.54) is 18.2 Å². The van der Waals surface area contributed by atoms with Crippen molar-refractivity contribution in [3.8, 4) is 11.1 Å². The van der Waals surface area contributed by atoms with Crippen LogP contribution < -0.4 is 31.8 Å². The summed E-state index contributed by atoms with van der Waals surface area (Å²) in [6.45, 7) is 0. The minimum absolute atomic E-state index is 0.0160. The molecule has 1 aliphatic heterocycles. The van der Waals surface area contributed by atoms with Crippen molar-refractivity contribution >= 4 is 20.0 Å². The molecule has 0 spiro atoms. The van der Waals surface area contributed by atoms with Gasteiger partial charge in [-0.3, -0.25) is 0 Å². The van der Waals surface area contributed by atoms with Crippen molar-refractivity contribution in [3.05, 3.63) is 48.0 Å². The van der Waals surface area contributed by atoms with E-state index in [9.17, 15) is 16.8 Å². The third kappa shape index (κ3) is 3.94. The molecule has 0 unspecified atom stereocenters. The monoisotopic (exact) mass is 424 g/mol. The van der Waals surface area contributed by atoms with Crippen molar-refractivity contribution in [2.24, 2.45) is 5.14 Å². The maximum Gasteiger partial charge on any atom is 0.240 e. The van der Waals surface area contributed by atoms with E-state index >= 15 is 0 Å². The summed E-state index contributed by atoms with van der Waals surface area (Å²) in [7, 11) is -7.54. The SMILES string of the molecule is NS(=O)(=O)c1cccc(-c2ccc(S(=O)(=O)NC3CC3)cc2)c1C1NNNN1. The van der Waals surface area contributed by atoms with Gasteiger partial charge in [0.2, 0.25) is 20.0 Å². The molecular formula is C16H20N6O4S2. The number of sulfonamides is 2. The number of benzene rings is 2. The third-order valence-corrected chi connectivity index (χ3v) is 7.04. The zero-order valence-electron chi connectivity index (χ0n) is 14.6. The Kier molecular flexibility index (Phi) is 4.97. The van der Waals surface area contributed by atoms with Gasteiger partial charge in [0.1, 0.15) is 6.17 Å². The number of hydrazine groups is 3. The van der Waals surface area contributed by atoms with Crippen LogP contribution in [0, 0.1) is 0 Å². The summed E-state index contributed by atoms with van der Waals surface area (Å²) in [6, 6.07) is 11.1. The fourth-order valence-electron chi connectivity index (χ4n) is 3.04. The number of hydrogen-bond acceptors (Lipinski definition) is 8. The molecule has 0 aromatic heterocycles. The van der Waals surface area contributed by atoms with E-state index < -0.39 is 26.2 Å². The molecule has 0 bridgehead atoms.